The zero-order valence-corrected chi connectivity index (χ0v) is 19.1. The van der Waals surface area contributed by atoms with Crippen molar-refractivity contribution in [3.8, 4) is 17.6 Å². The summed E-state index contributed by atoms with van der Waals surface area (Å²) in [5, 5.41) is 20.4. The van der Waals surface area contributed by atoms with E-state index < -0.39 is 4.92 Å². The molecule has 0 bridgehead atoms. The first kappa shape index (κ1) is 22.3. The Labute approximate surface area is 194 Å². The van der Waals surface area contributed by atoms with E-state index in [0.29, 0.717) is 29.2 Å². The molecular formula is C24H19IN2O4. The number of rotatable bonds is 7. The minimum Gasteiger partial charge on any atom is -0.493 e. The summed E-state index contributed by atoms with van der Waals surface area (Å²) >= 11 is 2.18. The smallest absolute Gasteiger partial charge is 0.269 e. The number of nitro benzene ring substituents is 1. The summed E-state index contributed by atoms with van der Waals surface area (Å²) in [7, 11) is 1.57. The van der Waals surface area contributed by atoms with Gasteiger partial charge in [-0.05, 0) is 76.5 Å². The lowest BCUT2D eigenvalue weighted by molar-refractivity contribution is -0.384. The Kier molecular flexibility index (Phi) is 7.26. The molecule has 0 radical (unpaired) electrons. The lowest BCUT2D eigenvalue weighted by Gasteiger charge is -2.14. The van der Waals surface area contributed by atoms with Crippen LogP contribution >= 0.6 is 22.6 Å². The van der Waals surface area contributed by atoms with Crippen LogP contribution in [0.25, 0.3) is 11.6 Å². The average molecular weight is 526 g/mol. The Balaban J connectivity index is 1.88. The molecule has 0 spiro atoms. The van der Waals surface area contributed by atoms with Crippen molar-refractivity contribution >= 4 is 39.9 Å². The SMILES string of the molecule is COc1cc(/C=C(/C#N)c2ccc([N+](=O)[O-])cc2)cc(I)c1OCc1cccc(C)c1. The van der Waals surface area contributed by atoms with E-state index in [4.69, 9.17) is 9.47 Å². The number of nitriles is 1. The number of nitrogens with zero attached hydrogens (tertiary/aromatic N) is 2. The van der Waals surface area contributed by atoms with Gasteiger partial charge < -0.3 is 9.47 Å². The summed E-state index contributed by atoms with van der Waals surface area (Å²) in [5.74, 6) is 1.20. The number of hydrogen-bond donors (Lipinski definition) is 0. The predicted octanol–water partition coefficient (Wildman–Crippen LogP) is 6.16. The molecule has 0 atom stereocenters. The van der Waals surface area contributed by atoms with Crippen molar-refractivity contribution in [3.05, 3.63) is 96.6 Å². The molecule has 0 heterocycles. The number of aryl methyl sites for hydroxylation is 1. The number of methoxy groups -OCH3 is 1. The van der Waals surface area contributed by atoms with Gasteiger partial charge in [0.1, 0.15) is 6.61 Å². The number of allylic oxidation sites excluding steroid dienone is 1. The molecule has 156 valence electrons. The second kappa shape index (κ2) is 10.1. The van der Waals surface area contributed by atoms with Gasteiger partial charge in [0.05, 0.1) is 27.2 Å². The molecule has 3 aromatic carbocycles. The van der Waals surface area contributed by atoms with Gasteiger partial charge in [0, 0.05) is 12.1 Å². The highest BCUT2D eigenvalue weighted by Crippen LogP contribution is 2.35. The van der Waals surface area contributed by atoms with Gasteiger partial charge in [-0.15, -0.1) is 0 Å². The third-order valence-corrected chi connectivity index (χ3v) is 5.34. The van der Waals surface area contributed by atoms with Crippen LogP contribution in [0.4, 0.5) is 5.69 Å². The summed E-state index contributed by atoms with van der Waals surface area (Å²) in [5.41, 5.74) is 3.96. The van der Waals surface area contributed by atoms with Crippen molar-refractivity contribution in [2.45, 2.75) is 13.5 Å². The van der Waals surface area contributed by atoms with Crippen molar-refractivity contribution in [3.63, 3.8) is 0 Å². The molecule has 0 saturated heterocycles. The lowest BCUT2D eigenvalue weighted by Crippen LogP contribution is -2.00. The zero-order valence-electron chi connectivity index (χ0n) is 17.0. The van der Waals surface area contributed by atoms with Crippen LogP contribution in [-0.2, 0) is 6.61 Å². The van der Waals surface area contributed by atoms with E-state index in [1.54, 1.807) is 31.4 Å². The molecule has 0 aliphatic carbocycles. The quantitative estimate of drug-likeness (QED) is 0.121. The summed E-state index contributed by atoms with van der Waals surface area (Å²) in [6.45, 7) is 2.45. The van der Waals surface area contributed by atoms with Crippen molar-refractivity contribution in [1.29, 1.82) is 5.26 Å². The minimum atomic E-state index is -0.470. The van der Waals surface area contributed by atoms with Crippen molar-refractivity contribution in [2.75, 3.05) is 7.11 Å². The highest BCUT2D eigenvalue weighted by atomic mass is 127. The molecule has 0 aliphatic heterocycles. The molecule has 7 heteroatoms. The van der Waals surface area contributed by atoms with Crippen molar-refractivity contribution < 1.29 is 14.4 Å². The highest BCUT2D eigenvalue weighted by Gasteiger charge is 2.13. The fraction of sp³-hybridized carbons (Fsp3) is 0.125. The fourth-order valence-electron chi connectivity index (χ4n) is 3.03. The van der Waals surface area contributed by atoms with Crippen LogP contribution in [0.2, 0.25) is 0 Å². The first-order valence-corrected chi connectivity index (χ1v) is 10.4. The standard InChI is InChI=1S/C24H19IN2O4/c1-16-4-3-5-17(10-16)15-31-24-22(25)12-18(13-23(24)30-2)11-20(14-26)19-6-8-21(9-7-19)27(28)29/h3-13H,15H2,1-2H3/b20-11-. The van der Waals surface area contributed by atoms with Gasteiger partial charge in [0.25, 0.3) is 5.69 Å². The van der Waals surface area contributed by atoms with Crippen LogP contribution in [0.15, 0.2) is 60.7 Å². The molecule has 31 heavy (non-hydrogen) atoms. The van der Waals surface area contributed by atoms with Crippen LogP contribution < -0.4 is 9.47 Å². The first-order valence-electron chi connectivity index (χ1n) is 9.33. The van der Waals surface area contributed by atoms with Crippen molar-refractivity contribution in [1.82, 2.24) is 0 Å². The van der Waals surface area contributed by atoms with E-state index in [9.17, 15) is 15.4 Å². The Morgan fingerprint density at radius 1 is 1.19 bits per heavy atom. The number of benzene rings is 3. The molecule has 0 saturated carbocycles. The molecule has 0 aliphatic rings. The minimum absolute atomic E-state index is 0.0210. The third kappa shape index (κ3) is 5.61. The van der Waals surface area contributed by atoms with E-state index in [-0.39, 0.29) is 5.69 Å². The lowest BCUT2D eigenvalue weighted by atomic mass is 10.0. The molecule has 0 amide bonds. The third-order valence-electron chi connectivity index (χ3n) is 4.54. The zero-order chi connectivity index (χ0) is 22.4. The van der Waals surface area contributed by atoms with Crippen LogP contribution in [0, 0.1) is 31.9 Å². The van der Waals surface area contributed by atoms with E-state index >= 15 is 0 Å². The van der Waals surface area contributed by atoms with E-state index in [1.807, 2.05) is 31.2 Å². The highest BCUT2D eigenvalue weighted by molar-refractivity contribution is 14.1. The van der Waals surface area contributed by atoms with E-state index in [0.717, 1.165) is 14.7 Å². The molecule has 3 rings (SSSR count). The summed E-state index contributed by atoms with van der Waals surface area (Å²) in [4.78, 5) is 10.4. The second-order valence-corrected chi connectivity index (χ2v) is 7.95. The van der Waals surface area contributed by atoms with E-state index in [1.165, 1.54) is 17.7 Å². The normalized spacial score (nSPS) is 11.0. The Morgan fingerprint density at radius 3 is 2.55 bits per heavy atom. The van der Waals surface area contributed by atoms with Gasteiger partial charge in [0.2, 0.25) is 0 Å². The van der Waals surface area contributed by atoms with Gasteiger partial charge in [-0.25, -0.2) is 0 Å². The topological polar surface area (TPSA) is 85.4 Å². The van der Waals surface area contributed by atoms with Gasteiger partial charge in [-0.3, -0.25) is 10.1 Å². The van der Waals surface area contributed by atoms with Crippen LogP contribution in [-0.4, -0.2) is 12.0 Å². The van der Waals surface area contributed by atoms with E-state index in [2.05, 4.69) is 34.7 Å². The van der Waals surface area contributed by atoms with Gasteiger partial charge in [-0.2, -0.15) is 5.26 Å². The molecule has 0 N–H and O–H groups in total. The summed E-state index contributed by atoms with van der Waals surface area (Å²) in [6.07, 6.45) is 1.72. The Morgan fingerprint density at radius 2 is 1.94 bits per heavy atom. The number of hydrogen-bond acceptors (Lipinski definition) is 5. The maximum atomic E-state index is 10.8. The maximum Gasteiger partial charge on any atom is 0.269 e. The largest absolute Gasteiger partial charge is 0.493 e. The number of nitro groups is 1. The van der Waals surface area contributed by atoms with Crippen LogP contribution in [0.1, 0.15) is 22.3 Å². The summed E-state index contributed by atoms with van der Waals surface area (Å²) < 4.78 is 12.4. The first-order chi connectivity index (χ1) is 14.9. The number of ether oxygens (including phenoxy) is 2. The Hall–Kier alpha value is -3.38. The van der Waals surface area contributed by atoms with Crippen LogP contribution in [0.3, 0.4) is 0 Å². The van der Waals surface area contributed by atoms with Gasteiger partial charge in [-0.1, -0.05) is 29.8 Å². The number of halogens is 1. The molecule has 6 nitrogen and oxygen atoms in total. The van der Waals surface area contributed by atoms with Crippen LogP contribution in [0.5, 0.6) is 11.5 Å². The average Bonchev–Trinajstić information content (AvgIpc) is 2.76. The molecular weight excluding hydrogens is 507 g/mol. The Bertz CT molecular complexity index is 1180. The number of non-ortho nitro benzene ring substituents is 1. The monoisotopic (exact) mass is 526 g/mol. The fourth-order valence-corrected chi connectivity index (χ4v) is 3.81. The summed E-state index contributed by atoms with van der Waals surface area (Å²) in [6, 6.07) is 19.9. The second-order valence-electron chi connectivity index (χ2n) is 6.79. The predicted molar refractivity (Wildman–Crippen MR) is 128 cm³/mol. The molecule has 3 aromatic rings. The van der Waals surface area contributed by atoms with Gasteiger partial charge in [0.15, 0.2) is 11.5 Å². The van der Waals surface area contributed by atoms with Gasteiger partial charge >= 0.3 is 0 Å². The molecule has 0 fully saturated rings. The molecule has 0 aromatic heterocycles. The van der Waals surface area contributed by atoms with Crippen molar-refractivity contribution in [2.24, 2.45) is 0 Å². The molecule has 0 unspecified atom stereocenters. The maximum absolute atomic E-state index is 10.8.